The van der Waals surface area contributed by atoms with Gasteiger partial charge in [0, 0.05) is 0 Å². The van der Waals surface area contributed by atoms with Crippen molar-refractivity contribution in [1.82, 2.24) is 0 Å². The molecular formula is C28F58O9. The molecule has 0 aliphatic rings. The van der Waals surface area contributed by atoms with E-state index >= 15 is 8.78 Å². The third kappa shape index (κ3) is 15.3. The first kappa shape index (κ1) is 90.6. The number of ether oxygens (including phenoxy) is 9. The molecule has 0 saturated carbocycles. The predicted molar refractivity (Wildman–Crippen MR) is 150 cm³/mol. The number of rotatable bonds is 26. The summed E-state index contributed by atoms with van der Waals surface area (Å²) < 4.78 is 801. The van der Waals surface area contributed by atoms with Crippen LogP contribution in [0.25, 0.3) is 0 Å². The minimum absolute atomic E-state index is 0.325. The van der Waals surface area contributed by atoms with E-state index in [9.17, 15) is 246 Å². The number of hydrogen-bond donors (Lipinski definition) is 0. The van der Waals surface area contributed by atoms with Crippen molar-refractivity contribution in [3.05, 3.63) is 0 Å². The summed E-state index contributed by atoms with van der Waals surface area (Å²) in [5.41, 5.74) is 0. The second-order valence-corrected chi connectivity index (χ2v) is 15.8. The Morgan fingerprint density at radius 2 is 0.158 bits per heavy atom. The van der Waals surface area contributed by atoms with Gasteiger partial charge in [-0.2, -0.15) is 255 Å². The molecule has 0 rings (SSSR count). The molecule has 95 heavy (non-hydrogen) atoms. The SMILES string of the molecule is FC(F)(F)C(F)(F)OC(F)(F)C(F)(OC(F)(F)C(F)(OC(F)(F)C(F)(OC(F)(F)C(F)(OC(F)(F)C(F)(OC(F)(F)C(F)(OC(F)(F)C(F)(OC(F)(F)C(F)(OC(F)(F)C(F)(F)F)C(F)(F)F)C(F)(F)F)C(F)(F)F)C(F)(F)F)C(F)(F)F)C(F)(F)F)C(F)(F)F)C(F)(F)F. The molecule has 0 amide bonds. The lowest BCUT2D eigenvalue weighted by Crippen LogP contribution is -2.74. The van der Waals surface area contributed by atoms with E-state index in [0.29, 0.717) is 33.2 Å². The van der Waals surface area contributed by atoms with Gasteiger partial charge in [0.1, 0.15) is 0 Å². The van der Waals surface area contributed by atoms with Crippen LogP contribution in [0.2, 0.25) is 0 Å². The molecule has 8 unspecified atom stereocenters. The Morgan fingerprint density at radius 3 is 0.242 bits per heavy atom. The highest BCUT2D eigenvalue weighted by Gasteiger charge is 2.95. The Balaban J connectivity index is 8.74. The maximum Gasteiger partial charge on any atom is 0.483 e. The van der Waals surface area contributed by atoms with Gasteiger partial charge in [0.25, 0.3) is 0 Å². The van der Waals surface area contributed by atoms with Gasteiger partial charge in [0.2, 0.25) is 0 Å². The van der Waals surface area contributed by atoms with E-state index in [2.05, 4.69) is 0 Å². The first-order valence-corrected chi connectivity index (χ1v) is 19.1. The zero-order valence-corrected chi connectivity index (χ0v) is 39.6. The molecule has 67 heteroatoms. The Hall–Kier alpha value is -4.42. The van der Waals surface area contributed by atoms with Crippen molar-refractivity contribution in [2.24, 2.45) is 0 Å². The van der Waals surface area contributed by atoms with Crippen molar-refractivity contribution in [2.75, 3.05) is 0 Å². The van der Waals surface area contributed by atoms with Crippen molar-refractivity contribution in [2.45, 2.75) is 170 Å². The van der Waals surface area contributed by atoms with Gasteiger partial charge in [-0.15, -0.1) is 0 Å². The Kier molecular flexibility index (Phi) is 22.5. The van der Waals surface area contributed by atoms with Gasteiger partial charge in [-0.25, -0.2) is 4.74 Å². The fourth-order valence-corrected chi connectivity index (χ4v) is 4.47. The molecular weight excluding hydrogens is 1580 g/mol. The first-order chi connectivity index (χ1) is 39.9. The average Bonchev–Trinajstić information content (AvgIpc) is 0.715. The van der Waals surface area contributed by atoms with Crippen LogP contribution in [0, 0.1) is 0 Å². The molecule has 572 valence electrons. The molecule has 0 radical (unpaired) electrons. The van der Waals surface area contributed by atoms with E-state index in [1.807, 2.05) is 0 Å². The van der Waals surface area contributed by atoms with E-state index in [0.717, 1.165) is 9.47 Å². The van der Waals surface area contributed by atoms with Crippen LogP contribution in [0.15, 0.2) is 0 Å². The minimum Gasteiger partial charge on any atom is -0.263 e. The van der Waals surface area contributed by atoms with Crippen LogP contribution in [-0.2, 0) is 42.6 Å². The molecule has 8 atom stereocenters. The lowest BCUT2D eigenvalue weighted by molar-refractivity contribution is -0.612. The maximum absolute atomic E-state index is 15.0. The van der Waals surface area contributed by atoms with E-state index in [1.165, 1.54) is 0 Å². The zero-order valence-electron chi connectivity index (χ0n) is 39.6. The second-order valence-electron chi connectivity index (χ2n) is 15.8. The maximum atomic E-state index is 15.0. The van der Waals surface area contributed by atoms with Gasteiger partial charge in [-0.05, 0) is 0 Å². The standard InChI is InChI=1S/C28F58O9/c29-1(9(37,38)39,88-21(71,72)3(31,11(43,44)45)90-23(75,76)5(33,13(49,50)51)92-25(79,80)7(35,15(55,56)57)94-27(83,84)17(61,62)63)19(67,68)87-2(30,10(40,41)42)20(69,70)89-4(32,12(46,47)48)22(73,74)91-6(34,14(52,53)54)24(77,78)93-8(36,16(58,59)60)26(81,82)95-28(85,86)18(64,65)66. The normalized spacial score (nSPS) is 21.2. The summed E-state index contributed by atoms with van der Waals surface area (Å²) >= 11 is 0. The van der Waals surface area contributed by atoms with Gasteiger partial charge in [-0.1, -0.05) is 0 Å². The van der Waals surface area contributed by atoms with Gasteiger partial charge in [0.15, 0.2) is 0 Å². The minimum atomic E-state index is -10.4. The van der Waals surface area contributed by atoms with Gasteiger partial charge in [0.05, 0.1) is 0 Å². The first-order valence-electron chi connectivity index (χ1n) is 19.1. The van der Waals surface area contributed by atoms with Crippen molar-refractivity contribution < 1.29 is 297 Å². The highest BCUT2D eigenvalue weighted by molar-refractivity contribution is 5.03. The van der Waals surface area contributed by atoms with Crippen LogP contribution in [0.1, 0.15) is 0 Å². The number of alkyl halides is 58. The predicted octanol–water partition coefficient (Wildman–Crippen LogP) is 18.0. The molecule has 0 aliphatic heterocycles. The summed E-state index contributed by atoms with van der Waals surface area (Å²) in [7, 11) is 0. The fraction of sp³-hybridized carbons (Fsp3) is 1.00. The quantitative estimate of drug-likeness (QED) is 0.0787. The summed E-state index contributed by atoms with van der Waals surface area (Å²) in [6, 6.07) is 0. The summed E-state index contributed by atoms with van der Waals surface area (Å²) in [6.07, 6.45) is -190. The third-order valence-electron chi connectivity index (χ3n) is 8.98. The lowest BCUT2D eigenvalue weighted by atomic mass is 10.1. The lowest BCUT2D eigenvalue weighted by Gasteiger charge is -2.45. The second kappa shape index (κ2) is 23.6. The van der Waals surface area contributed by atoms with Gasteiger partial charge >= 0.3 is 170 Å². The monoisotopic (exact) mass is 1580 g/mol. The summed E-state index contributed by atoms with van der Waals surface area (Å²) in [5.74, 6) is -80.2. The Labute approximate surface area is 468 Å². The molecule has 0 aliphatic carbocycles. The van der Waals surface area contributed by atoms with E-state index in [1.54, 1.807) is 0 Å². The smallest absolute Gasteiger partial charge is 0.263 e. The summed E-state index contributed by atoms with van der Waals surface area (Å²) in [4.78, 5) is 0. The molecule has 0 heterocycles. The zero-order chi connectivity index (χ0) is 78.4. The van der Waals surface area contributed by atoms with Gasteiger partial charge in [-0.3, -0.25) is 37.9 Å². The highest BCUT2D eigenvalue weighted by atomic mass is 19.5. The number of hydrogen-bond acceptors (Lipinski definition) is 9. The van der Waals surface area contributed by atoms with E-state index < -0.39 is 170 Å². The van der Waals surface area contributed by atoms with Gasteiger partial charge < -0.3 is 0 Å². The largest absolute Gasteiger partial charge is 0.483 e. The molecule has 0 N–H and O–H groups in total. The molecule has 0 aromatic carbocycles. The summed E-state index contributed by atoms with van der Waals surface area (Å²) in [6.45, 7) is 0. The van der Waals surface area contributed by atoms with Crippen LogP contribution in [0.5, 0.6) is 0 Å². The van der Waals surface area contributed by atoms with Crippen molar-refractivity contribution in [3.63, 3.8) is 0 Å². The molecule has 0 aromatic heterocycles. The van der Waals surface area contributed by atoms with Crippen LogP contribution in [0.4, 0.5) is 255 Å². The van der Waals surface area contributed by atoms with Crippen LogP contribution >= 0.6 is 0 Å². The molecule has 0 aromatic rings. The van der Waals surface area contributed by atoms with Crippen LogP contribution < -0.4 is 0 Å². The summed E-state index contributed by atoms with van der Waals surface area (Å²) in [5, 5.41) is 0. The van der Waals surface area contributed by atoms with Crippen molar-refractivity contribution in [1.29, 1.82) is 0 Å². The van der Waals surface area contributed by atoms with Crippen LogP contribution in [0.3, 0.4) is 0 Å². The molecule has 9 nitrogen and oxygen atoms in total. The van der Waals surface area contributed by atoms with Crippen LogP contribution in [-0.4, -0.2) is 170 Å². The van der Waals surface area contributed by atoms with E-state index in [4.69, 9.17) is 0 Å². The topological polar surface area (TPSA) is 83.1 Å². The molecule has 0 spiro atoms. The Bertz CT molecular complexity index is 2630. The van der Waals surface area contributed by atoms with Crippen molar-refractivity contribution in [3.8, 4) is 0 Å². The van der Waals surface area contributed by atoms with E-state index in [-0.39, 0.29) is 0 Å². The van der Waals surface area contributed by atoms with Crippen molar-refractivity contribution >= 4 is 0 Å². The Morgan fingerprint density at radius 1 is 0.0842 bits per heavy atom. The molecule has 0 saturated heterocycles. The highest BCUT2D eigenvalue weighted by Crippen LogP contribution is 2.66. The molecule has 0 bridgehead atoms. The number of halogens is 58. The fourth-order valence-electron chi connectivity index (χ4n) is 4.47. The molecule has 0 fully saturated rings. The third-order valence-corrected chi connectivity index (χ3v) is 8.98. The average molecular weight is 1580 g/mol.